The van der Waals surface area contributed by atoms with Gasteiger partial charge in [-0.2, -0.15) is 4.98 Å². The van der Waals surface area contributed by atoms with E-state index in [9.17, 15) is 14.2 Å². The normalized spacial score (nSPS) is 34.9. The zero-order valence-electron chi connectivity index (χ0n) is 17.9. The molecule has 6 atom stereocenters. The lowest BCUT2D eigenvalue weighted by molar-refractivity contribution is -0.131. The molecule has 0 radical (unpaired) electrons. The van der Waals surface area contributed by atoms with Crippen molar-refractivity contribution >= 4 is 35.7 Å². The van der Waals surface area contributed by atoms with Crippen molar-refractivity contribution in [2.45, 2.75) is 43.5 Å². The summed E-state index contributed by atoms with van der Waals surface area (Å²) in [6, 6.07) is 8.85. The summed E-state index contributed by atoms with van der Waals surface area (Å²) in [6.45, 7) is 1.41. The number of nitrogens with two attached hydrogens (primary N) is 1. The molecule has 5 rings (SSSR count). The Hall–Kier alpha value is -2.28. The molecule has 0 bridgehead atoms. The number of hydrogen-bond donors (Lipinski definition) is 1. The van der Waals surface area contributed by atoms with Crippen molar-refractivity contribution in [1.29, 1.82) is 0 Å². The predicted molar refractivity (Wildman–Crippen MR) is 119 cm³/mol. The largest absolute Gasteiger partial charge is 0.509 e. The maximum Gasteiger partial charge on any atom is 0.509 e. The number of hydrogen-bond acceptors (Lipinski definition) is 11. The van der Waals surface area contributed by atoms with Crippen LogP contribution in [0.25, 0.3) is 0 Å². The van der Waals surface area contributed by atoms with E-state index >= 15 is 0 Å². The lowest BCUT2D eigenvalue weighted by Gasteiger charge is -2.32. The van der Waals surface area contributed by atoms with E-state index in [-0.39, 0.29) is 19.0 Å². The van der Waals surface area contributed by atoms with E-state index < -0.39 is 49.8 Å². The fourth-order valence-corrected chi connectivity index (χ4v) is 6.03. The molecule has 0 saturated carbocycles. The van der Waals surface area contributed by atoms with Crippen LogP contribution in [0.15, 0.2) is 45.8 Å². The maximum atomic E-state index is 13.2. The molecule has 14 heteroatoms. The monoisotopic (exact) mass is 557 g/mol. The summed E-state index contributed by atoms with van der Waals surface area (Å²) in [5, 5.41) is 0. The molecule has 2 N–H and O–H groups in total. The first-order valence-corrected chi connectivity index (χ1v) is 12.6. The summed E-state index contributed by atoms with van der Waals surface area (Å²) < 4.78 is 48.5. The number of phosphoric acid groups is 1. The smallest absolute Gasteiger partial charge is 0.424 e. The number of carbonyl (C=O) groups is 1. The minimum atomic E-state index is -3.98. The van der Waals surface area contributed by atoms with Gasteiger partial charge in [0.25, 0.3) is 0 Å². The van der Waals surface area contributed by atoms with Crippen molar-refractivity contribution in [3.8, 4) is 0 Å². The quantitative estimate of drug-likeness (QED) is 0.426. The molecule has 0 spiro atoms. The Kier molecular flexibility index (Phi) is 6.03. The second-order valence-corrected chi connectivity index (χ2v) is 10.8. The molecule has 3 aliphatic rings. The van der Waals surface area contributed by atoms with Gasteiger partial charge in [-0.1, -0.05) is 28.1 Å². The molecule has 2 unspecified atom stereocenters. The minimum Gasteiger partial charge on any atom is -0.424 e. The van der Waals surface area contributed by atoms with Gasteiger partial charge in [0.1, 0.15) is 11.4 Å². The van der Waals surface area contributed by atoms with Crippen LogP contribution in [0.4, 0.5) is 10.6 Å². The van der Waals surface area contributed by atoms with E-state index in [4.69, 9.17) is 33.5 Å². The number of benzene rings is 1. The highest BCUT2D eigenvalue weighted by molar-refractivity contribution is 9.10. The lowest BCUT2D eigenvalue weighted by atomic mass is 9.99. The molecule has 0 aliphatic carbocycles. The van der Waals surface area contributed by atoms with Crippen molar-refractivity contribution in [3.63, 3.8) is 0 Å². The zero-order chi connectivity index (χ0) is 24.1. The van der Waals surface area contributed by atoms with Crippen LogP contribution in [-0.4, -0.2) is 46.7 Å². The molecular weight excluding hydrogens is 537 g/mol. The van der Waals surface area contributed by atoms with Crippen LogP contribution in [-0.2, 0) is 32.3 Å². The van der Waals surface area contributed by atoms with E-state index in [0.29, 0.717) is 6.42 Å². The lowest BCUT2D eigenvalue weighted by Crippen LogP contribution is -2.43. The van der Waals surface area contributed by atoms with Crippen LogP contribution in [0, 0.1) is 0 Å². The van der Waals surface area contributed by atoms with Crippen molar-refractivity contribution < 1.29 is 37.1 Å². The Morgan fingerprint density at radius 3 is 2.91 bits per heavy atom. The zero-order valence-corrected chi connectivity index (χ0v) is 20.3. The van der Waals surface area contributed by atoms with E-state index in [0.717, 1.165) is 14.6 Å². The number of fused-ring (bicyclic) bond motifs is 1. The predicted octanol–water partition coefficient (Wildman–Crippen LogP) is 3.08. The number of aromatic nitrogens is 2. The topological polar surface area (TPSA) is 150 Å². The number of nitrogen functional groups attached to an aromatic ring is 1. The van der Waals surface area contributed by atoms with E-state index in [1.165, 1.54) is 12.3 Å². The third-order valence-corrected chi connectivity index (χ3v) is 7.72. The molecule has 1 aromatic carbocycles. The highest BCUT2D eigenvalue weighted by atomic mass is 79.9. The SMILES string of the molecule is C[C@]1(COP2(=O)OCCC(c3cccc(Br)c3)O2)O[C@@H](n2ccc(N)nc2=O)[C@@H]2OC(=O)O[C@@H]21. The van der Waals surface area contributed by atoms with Gasteiger partial charge in [0, 0.05) is 17.1 Å². The Bertz CT molecular complexity index is 1230. The molecule has 34 heavy (non-hydrogen) atoms. The minimum absolute atomic E-state index is 0.0336. The number of rotatable bonds is 5. The van der Waals surface area contributed by atoms with Crippen LogP contribution in [0.3, 0.4) is 0 Å². The van der Waals surface area contributed by atoms with E-state index in [1.54, 1.807) is 6.92 Å². The Morgan fingerprint density at radius 1 is 1.32 bits per heavy atom. The first kappa shape index (κ1) is 23.5. The molecule has 0 amide bonds. The average Bonchev–Trinajstić information content (AvgIpc) is 3.30. The average molecular weight is 558 g/mol. The van der Waals surface area contributed by atoms with Gasteiger partial charge in [0.2, 0.25) is 0 Å². The van der Waals surface area contributed by atoms with Crippen LogP contribution in [0.5, 0.6) is 0 Å². The summed E-state index contributed by atoms with van der Waals surface area (Å²) in [5.74, 6) is 0.0336. The summed E-state index contributed by atoms with van der Waals surface area (Å²) in [6.07, 6.45) is -2.53. The standard InChI is InChI=1S/C20H21BrN3O9P/c1-20(10-29-34(27)28-8-6-13(33-34)11-3-2-4-12(21)9-11)16-15(30-19(26)31-16)17(32-20)24-7-5-14(22)23-18(24)25/h2-5,7,9,13,15-17H,6,8,10H2,1H3,(H2,22,23,25)/t13?,15-,16+,17-,20-,34?/m1/s1. The van der Waals surface area contributed by atoms with Crippen LogP contribution >= 0.6 is 23.8 Å². The molecule has 3 aliphatic heterocycles. The molecule has 3 fully saturated rings. The third-order valence-electron chi connectivity index (χ3n) is 5.77. The third kappa shape index (κ3) is 4.39. The second kappa shape index (κ2) is 8.74. The van der Waals surface area contributed by atoms with Gasteiger partial charge < -0.3 is 19.9 Å². The molecule has 4 heterocycles. The van der Waals surface area contributed by atoms with Crippen molar-refractivity contribution in [2.24, 2.45) is 0 Å². The van der Waals surface area contributed by atoms with Gasteiger partial charge in [0.15, 0.2) is 18.4 Å². The van der Waals surface area contributed by atoms with Crippen LogP contribution in [0.2, 0.25) is 0 Å². The van der Waals surface area contributed by atoms with Gasteiger partial charge in [-0.25, -0.2) is 14.2 Å². The number of ether oxygens (including phenoxy) is 3. The van der Waals surface area contributed by atoms with E-state index in [1.807, 2.05) is 24.3 Å². The van der Waals surface area contributed by atoms with Gasteiger partial charge in [-0.05, 0) is 30.7 Å². The fraction of sp³-hybridized carbons (Fsp3) is 0.450. The molecule has 182 valence electrons. The van der Waals surface area contributed by atoms with E-state index in [2.05, 4.69) is 20.9 Å². The number of phosphoric ester groups is 1. The molecular formula is C20H21BrN3O9P. The van der Waals surface area contributed by atoms with Crippen molar-refractivity contribution in [2.75, 3.05) is 18.9 Å². The van der Waals surface area contributed by atoms with Crippen LogP contribution in [0.1, 0.15) is 31.2 Å². The maximum absolute atomic E-state index is 13.2. The molecule has 12 nitrogen and oxygen atoms in total. The van der Waals surface area contributed by atoms with Crippen LogP contribution < -0.4 is 11.4 Å². The first-order chi connectivity index (χ1) is 16.2. The molecule has 1 aromatic heterocycles. The van der Waals surface area contributed by atoms with Crippen molar-refractivity contribution in [1.82, 2.24) is 9.55 Å². The van der Waals surface area contributed by atoms with Gasteiger partial charge in [-0.15, -0.1) is 0 Å². The Morgan fingerprint density at radius 2 is 2.15 bits per heavy atom. The summed E-state index contributed by atoms with van der Waals surface area (Å²) in [4.78, 5) is 27.9. The summed E-state index contributed by atoms with van der Waals surface area (Å²) >= 11 is 3.41. The highest BCUT2D eigenvalue weighted by Crippen LogP contribution is 2.58. The number of carbonyl (C=O) groups excluding carboxylic acids is 1. The first-order valence-electron chi connectivity index (χ1n) is 10.4. The van der Waals surface area contributed by atoms with Gasteiger partial charge in [0.05, 0.1) is 19.3 Å². The Labute approximate surface area is 202 Å². The second-order valence-electron chi connectivity index (χ2n) is 8.23. The van der Waals surface area contributed by atoms with Crippen molar-refractivity contribution in [3.05, 3.63) is 57.0 Å². The molecule has 3 saturated heterocycles. The van der Waals surface area contributed by atoms with Gasteiger partial charge >= 0.3 is 19.7 Å². The Balaban J connectivity index is 1.34. The summed E-state index contributed by atoms with van der Waals surface area (Å²) in [5.41, 5.74) is 4.34. The number of halogens is 1. The number of nitrogens with zero attached hydrogens (tertiary/aromatic N) is 2. The highest BCUT2D eigenvalue weighted by Gasteiger charge is 2.62. The molecule has 2 aromatic rings. The fourth-order valence-electron chi connectivity index (χ4n) is 4.13. The van der Waals surface area contributed by atoms with Gasteiger partial charge in [-0.3, -0.25) is 18.1 Å². The summed E-state index contributed by atoms with van der Waals surface area (Å²) in [7, 11) is -3.98. The number of anilines is 1.